The Morgan fingerprint density at radius 1 is 0.694 bits per heavy atom. The van der Waals surface area contributed by atoms with Gasteiger partial charge in [0.05, 0.1) is 41.3 Å². The molecule has 2 aliphatic heterocycles. The molecule has 4 fully saturated rings. The number of carbonyl (C=O) groups is 4. The molecule has 320 valence electrons. The number of ether oxygens (including phenoxy) is 1. The quantitative estimate of drug-likeness (QED) is 0.107. The Hall–Kier alpha value is -6.44. The van der Waals surface area contributed by atoms with Crippen LogP contribution in [0.4, 0.5) is 9.59 Å². The summed E-state index contributed by atoms with van der Waals surface area (Å²) in [5.41, 5.74) is 7.66. The summed E-state index contributed by atoms with van der Waals surface area (Å²) in [6.07, 6.45) is 1.85. The van der Waals surface area contributed by atoms with Gasteiger partial charge >= 0.3 is 12.2 Å². The lowest BCUT2D eigenvalue weighted by molar-refractivity contribution is -0.140. The molecule has 2 saturated carbocycles. The maximum atomic E-state index is 14.0. The van der Waals surface area contributed by atoms with Gasteiger partial charge in [0, 0.05) is 19.1 Å². The van der Waals surface area contributed by atoms with E-state index in [0.29, 0.717) is 11.8 Å². The van der Waals surface area contributed by atoms with E-state index < -0.39 is 24.3 Å². The number of alkyl carbamates (subject to hydrolysis) is 1. The number of amides is 4. The summed E-state index contributed by atoms with van der Waals surface area (Å²) in [6, 6.07) is 23.8. The van der Waals surface area contributed by atoms with Gasteiger partial charge in [-0.15, -0.1) is 0 Å². The lowest BCUT2D eigenvalue weighted by Crippen LogP contribution is -2.52. The fourth-order valence-corrected chi connectivity index (χ4v) is 10.4. The van der Waals surface area contributed by atoms with Crippen molar-refractivity contribution in [2.45, 2.75) is 89.6 Å². The van der Waals surface area contributed by atoms with Crippen LogP contribution in [0.15, 0.2) is 72.8 Å². The number of aromatic nitrogens is 4. The third-order valence-corrected chi connectivity index (χ3v) is 13.9. The van der Waals surface area contributed by atoms with Crippen LogP contribution in [0.5, 0.6) is 0 Å². The molecule has 4 aliphatic rings. The zero-order valence-corrected chi connectivity index (χ0v) is 35.8. The number of fused-ring (bicyclic) bond motifs is 5. The fraction of sp³-hybridized carbons (Fsp3) is 0.417. The minimum Gasteiger partial charge on any atom is -0.465 e. The largest absolute Gasteiger partial charge is 0.465 e. The molecule has 2 aliphatic carbocycles. The molecule has 8 atom stereocenters. The predicted octanol–water partition coefficient (Wildman–Crippen LogP) is 8.27. The third kappa shape index (κ3) is 6.80. The number of rotatable bonds is 10. The normalized spacial score (nSPS) is 23.5. The van der Waals surface area contributed by atoms with Crippen molar-refractivity contribution in [3.05, 3.63) is 84.4 Å². The Bertz CT molecular complexity index is 2790. The molecular formula is C48H52N8O6. The lowest BCUT2D eigenvalue weighted by Gasteiger charge is -2.35. The van der Waals surface area contributed by atoms with Crippen LogP contribution in [0, 0.1) is 23.7 Å². The zero-order chi connectivity index (χ0) is 43.3. The van der Waals surface area contributed by atoms with E-state index >= 15 is 0 Å². The molecular weight excluding hydrogens is 785 g/mol. The fourth-order valence-electron chi connectivity index (χ4n) is 10.4. The van der Waals surface area contributed by atoms with E-state index in [1.165, 1.54) is 14.2 Å². The number of hydrogen-bond acceptors (Lipinski definition) is 7. The molecule has 0 bridgehead atoms. The van der Waals surface area contributed by atoms with Gasteiger partial charge in [-0.3, -0.25) is 14.5 Å². The standard InChI is InChI=1S/C48H52N8O6/c1-23(2)41(53-47(59)62-6)45(57)55-37-19-31(37)21-39(55)43-49-33-13-11-29(17-35(33)51-43)27-9-7-26-16-28(10-8-25(26)15-27)30-12-14-34-36(18-30)52-44(50-34)40-22-32-20-38(32)56(40)46(58)42(24(3)4)54(5)48(60)61/h7-18,23-24,31-32,37-42H,19-22H2,1-6H3,(H,49,51)(H,50,52)(H,53,59)(H,60,61)/t31-,32+,37+,38+,39-,40-,41-,42-/m0/s1. The molecule has 6 aromatic rings. The summed E-state index contributed by atoms with van der Waals surface area (Å²) in [4.78, 5) is 73.9. The smallest absolute Gasteiger partial charge is 0.407 e. The third-order valence-electron chi connectivity index (χ3n) is 13.9. The number of aromatic amines is 2. The molecule has 4 N–H and O–H groups in total. The first-order valence-corrected chi connectivity index (χ1v) is 21.8. The van der Waals surface area contributed by atoms with Crippen LogP contribution < -0.4 is 5.32 Å². The Labute approximate surface area is 359 Å². The number of methoxy groups -OCH3 is 1. The second-order valence-corrected chi connectivity index (χ2v) is 18.5. The summed E-state index contributed by atoms with van der Waals surface area (Å²) in [5.74, 6) is 1.83. The van der Waals surface area contributed by atoms with Crippen molar-refractivity contribution in [3.8, 4) is 22.3 Å². The maximum absolute atomic E-state index is 14.0. The molecule has 4 amide bonds. The van der Waals surface area contributed by atoms with Crippen LogP contribution in [0.3, 0.4) is 0 Å². The monoisotopic (exact) mass is 836 g/mol. The predicted molar refractivity (Wildman–Crippen MR) is 235 cm³/mol. The van der Waals surface area contributed by atoms with Gasteiger partial charge in [-0.2, -0.15) is 0 Å². The number of imidazole rings is 2. The van der Waals surface area contributed by atoms with Crippen molar-refractivity contribution in [2.75, 3.05) is 14.2 Å². The highest BCUT2D eigenvalue weighted by molar-refractivity contribution is 5.94. The van der Waals surface area contributed by atoms with Crippen LogP contribution in [0.2, 0.25) is 0 Å². The van der Waals surface area contributed by atoms with Crippen molar-refractivity contribution in [3.63, 3.8) is 0 Å². The van der Waals surface area contributed by atoms with Gasteiger partial charge in [-0.05, 0) is 119 Å². The molecule has 4 heterocycles. The van der Waals surface area contributed by atoms with E-state index in [0.717, 1.165) is 97.3 Å². The van der Waals surface area contributed by atoms with Gasteiger partial charge in [0.15, 0.2) is 0 Å². The van der Waals surface area contributed by atoms with Crippen LogP contribution in [-0.2, 0) is 14.3 Å². The number of nitrogens with one attached hydrogen (secondary N) is 3. The van der Waals surface area contributed by atoms with E-state index in [1.54, 1.807) is 0 Å². The highest BCUT2D eigenvalue weighted by Crippen LogP contribution is 2.55. The van der Waals surface area contributed by atoms with Gasteiger partial charge in [0.25, 0.3) is 0 Å². The Balaban J connectivity index is 0.873. The molecule has 10 rings (SSSR count). The van der Waals surface area contributed by atoms with Crippen molar-refractivity contribution in [1.82, 2.24) is 40.0 Å². The van der Waals surface area contributed by atoms with Gasteiger partial charge in [-0.1, -0.05) is 64.1 Å². The van der Waals surface area contributed by atoms with Crippen LogP contribution >= 0.6 is 0 Å². The van der Waals surface area contributed by atoms with Crippen molar-refractivity contribution < 1.29 is 29.0 Å². The summed E-state index contributed by atoms with van der Waals surface area (Å²) >= 11 is 0. The zero-order valence-electron chi connectivity index (χ0n) is 35.8. The molecule has 14 heteroatoms. The van der Waals surface area contributed by atoms with Gasteiger partial charge in [0.1, 0.15) is 23.7 Å². The number of benzene rings is 4. The number of hydrogen-bond donors (Lipinski definition) is 4. The molecule has 62 heavy (non-hydrogen) atoms. The highest BCUT2D eigenvalue weighted by Gasteiger charge is 2.57. The van der Waals surface area contributed by atoms with Crippen molar-refractivity contribution >= 4 is 56.8 Å². The maximum Gasteiger partial charge on any atom is 0.407 e. The molecule has 2 saturated heterocycles. The van der Waals surface area contributed by atoms with E-state index in [1.807, 2.05) is 49.6 Å². The lowest BCUT2D eigenvalue weighted by atomic mass is 9.97. The van der Waals surface area contributed by atoms with Gasteiger partial charge in [-0.25, -0.2) is 19.6 Å². The number of carboxylic acid groups (broad SMARTS) is 1. The van der Waals surface area contributed by atoms with Crippen LogP contribution in [0.1, 0.15) is 77.1 Å². The summed E-state index contributed by atoms with van der Waals surface area (Å²) in [6.45, 7) is 7.63. The SMILES string of the molecule is COC(=O)N[C@H](C(=O)N1[C@@H]2C[C@H]2C[C@H]1c1nc2cc(-c3ccc4cc(-c5ccc6[nH]c([C@@H]7C[C@H]8C[C@H]8N7C(=O)[C@H](C(C)C)N(C)C(=O)O)nc6c5)ccc4c3)ccc2[nH]1)C(C)C. The minimum absolute atomic E-state index is 0.0986. The Kier molecular flexibility index (Phi) is 9.52. The summed E-state index contributed by atoms with van der Waals surface area (Å²) < 4.78 is 4.82. The Morgan fingerprint density at radius 3 is 1.61 bits per heavy atom. The average molecular weight is 837 g/mol. The minimum atomic E-state index is -1.11. The van der Waals surface area contributed by atoms with Gasteiger partial charge < -0.3 is 34.9 Å². The number of nitrogens with zero attached hydrogens (tertiary/aromatic N) is 5. The van der Waals surface area contributed by atoms with E-state index in [2.05, 4.69) is 75.9 Å². The summed E-state index contributed by atoms with van der Waals surface area (Å²) in [7, 11) is 2.78. The molecule has 0 radical (unpaired) electrons. The van der Waals surface area contributed by atoms with Gasteiger partial charge in [0.2, 0.25) is 11.8 Å². The topological polar surface area (TPSA) is 177 Å². The van der Waals surface area contributed by atoms with E-state index in [4.69, 9.17) is 14.7 Å². The highest BCUT2D eigenvalue weighted by atomic mass is 16.5. The van der Waals surface area contributed by atoms with Crippen LogP contribution in [-0.4, -0.2) is 102 Å². The van der Waals surface area contributed by atoms with E-state index in [-0.39, 0.29) is 47.8 Å². The molecule has 4 aromatic carbocycles. The first-order chi connectivity index (χ1) is 29.8. The van der Waals surface area contributed by atoms with E-state index in [9.17, 15) is 24.3 Å². The number of likely N-dealkylation sites (tertiary alicyclic amines) is 2. The summed E-state index contributed by atoms with van der Waals surface area (Å²) in [5, 5.41) is 14.7. The van der Waals surface area contributed by atoms with Crippen molar-refractivity contribution in [2.24, 2.45) is 23.7 Å². The Morgan fingerprint density at radius 2 is 1.16 bits per heavy atom. The molecule has 14 nitrogen and oxygen atoms in total. The number of likely N-dealkylation sites (N-methyl/N-ethyl adjacent to an activating group) is 1. The number of piperidine rings is 2. The second-order valence-electron chi connectivity index (χ2n) is 18.5. The van der Waals surface area contributed by atoms with Crippen LogP contribution in [0.25, 0.3) is 55.1 Å². The molecule has 0 unspecified atom stereocenters. The molecule has 2 aromatic heterocycles. The number of carbonyl (C=O) groups excluding carboxylic acids is 3. The van der Waals surface area contributed by atoms with Crippen molar-refractivity contribution in [1.29, 1.82) is 0 Å². The number of H-pyrrole nitrogens is 2. The first kappa shape index (κ1) is 39.7. The first-order valence-electron chi connectivity index (χ1n) is 21.8. The average Bonchev–Trinajstić information content (AvgIpc) is 3.91. The second kappa shape index (κ2) is 14.9. The molecule has 0 spiro atoms.